The fourth-order valence-electron chi connectivity index (χ4n) is 1.49. The summed E-state index contributed by atoms with van der Waals surface area (Å²) in [6, 6.07) is 7.69. The first-order chi connectivity index (χ1) is 8.72. The van der Waals surface area contributed by atoms with Crippen molar-refractivity contribution in [1.82, 2.24) is 20.2 Å². The molecule has 0 fully saturated rings. The van der Waals surface area contributed by atoms with E-state index in [0.29, 0.717) is 10.9 Å². The second-order valence-electron chi connectivity index (χ2n) is 3.45. The van der Waals surface area contributed by atoms with Crippen LogP contribution in [0.5, 0.6) is 0 Å². The Bertz CT molecular complexity index is 535. The Labute approximate surface area is 116 Å². The van der Waals surface area contributed by atoms with Gasteiger partial charge in [0.1, 0.15) is 10.6 Å². The van der Waals surface area contributed by atoms with Crippen molar-refractivity contribution in [3.63, 3.8) is 0 Å². The minimum absolute atomic E-state index is 0.505. The zero-order valence-corrected chi connectivity index (χ0v) is 11.2. The van der Waals surface area contributed by atoms with Crippen LogP contribution in [0.15, 0.2) is 43.2 Å². The van der Waals surface area contributed by atoms with E-state index in [9.17, 15) is 0 Å². The largest absolute Gasteiger partial charge is 0.324 e. The molecule has 0 spiro atoms. The number of rotatable bonds is 4. The fourth-order valence-corrected chi connectivity index (χ4v) is 1.87. The van der Waals surface area contributed by atoms with Crippen LogP contribution in [0.2, 0.25) is 0 Å². The van der Waals surface area contributed by atoms with E-state index in [0.717, 1.165) is 11.4 Å². The van der Waals surface area contributed by atoms with E-state index in [4.69, 9.17) is 12.2 Å². The number of benzene rings is 1. The highest BCUT2D eigenvalue weighted by molar-refractivity contribution is 8.11. The van der Waals surface area contributed by atoms with Crippen LogP contribution < -0.4 is 4.90 Å². The van der Waals surface area contributed by atoms with Gasteiger partial charge in [0.05, 0.1) is 5.69 Å². The van der Waals surface area contributed by atoms with E-state index < -0.39 is 0 Å². The van der Waals surface area contributed by atoms with Crippen LogP contribution in [0, 0.1) is 0 Å². The average Bonchev–Trinajstić information content (AvgIpc) is 2.90. The predicted octanol–water partition coefficient (Wildman–Crippen LogP) is 1.87. The molecule has 0 aliphatic carbocycles. The molecule has 0 aliphatic rings. The molecule has 0 atom stereocenters. The summed E-state index contributed by atoms with van der Waals surface area (Å²) in [5.41, 5.74) is 1.83. The lowest BCUT2D eigenvalue weighted by Gasteiger charge is -2.21. The van der Waals surface area contributed by atoms with Crippen LogP contribution in [-0.4, -0.2) is 31.1 Å². The SMILES string of the molecule is C=CCN(C(=S)S)c1ccc(-n2cnnn2)cc1. The molecule has 0 bridgehead atoms. The number of nitrogens with zero attached hydrogens (tertiary/aromatic N) is 5. The molecule has 0 unspecified atom stereocenters. The first-order valence-corrected chi connectivity index (χ1v) is 6.02. The molecule has 5 nitrogen and oxygen atoms in total. The van der Waals surface area contributed by atoms with Crippen molar-refractivity contribution >= 4 is 34.9 Å². The predicted molar refractivity (Wildman–Crippen MR) is 78.3 cm³/mol. The summed E-state index contributed by atoms with van der Waals surface area (Å²) in [7, 11) is 0. The van der Waals surface area contributed by atoms with E-state index >= 15 is 0 Å². The lowest BCUT2D eigenvalue weighted by molar-refractivity contribution is 0.789. The Hall–Kier alpha value is -1.73. The van der Waals surface area contributed by atoms with E-state index in [2.05, 4.69) is 34.7 Å². The molecule has 0 N–H and O–H groups in total. The number of aromatic nitrogens is 4. The molecular formula is C11H11N5S2. The van der Waals surface area contributed by atoms with Gasteiger partial charge in [-0.1, -0.05) is 18.3 Å². The summed E-state index contributed by atoms with van der Waals surface area (Å²) in [5.74, 6) is 0. The van der Waals surface area contributed by atoms with Gasteiger partial charge in [-0.25, -0.2) is 4.68 Å². The van der Waals surface area contributed by atoms with Crippen molar-refractivity contribution < 1.29 is 0 Å². The Kier molecular flexibility index (Phi) is 4.06. The number of tetrazole rings is 1. The standard InChI is InChI=1S/C11H11N5S2/c1-2-7-15(11(17)18)9-3-5-10(6-4-9)16-8-12-13-14-16/h2-6,8H,1,7H2,(H,17,18). The average molecular weight is 277 g/mol. The molecule has 2 rings (SSSR count). The normalized spacial score (nSPS) is 10.1. The summed E-state index contributed by atoms with van der Waals surface area (Å²) >= 11 is 9.28. The Morgan fingerprint density at radius 3 is 2.67 bits per heavy atom. The third-order valence-electron chi connectivity index (χ3n) is 2.32. The van der Waals surface area contributed by atoms with Gasteiger partial charge in [0.2, 0.25) is 0 Å². The molecule has 1 heterocycles. The van der Waals surface area contributed by atoms with Crippen molar-refractivity contribution in [2.75, 3.05) is 11.4 Å². The van der Waals surface area contributed by atoms with Crippen molar-refractivity contribution in [1.29, 1.82) is 0 Å². The summed E-state index contributed by atoms with van der Waals surface area (Å²) < 4.78 is 2.09. The maximum atomic E-state index is 5.08. The molecule has 0 aliphatic heterocycles. The molecule has 0 radical (unpaired) electrons. The van der Waals surface area contributed by atoms with E-state index in [1.54, 1.807) is 17.1 Å². The maximum absolute atomic E-state index is 5.08. The molecule has 0 saturated heterocycles. The van der Waals surface area contributed by atoms with Crippen molar-refractivity contribution in [2.24, 2.45) is 0 Å². The van der Waals surface area contributed by atoms with Crippen molar-refractivity contribution in [2.45, 2.75) is 0 Å². The van der Waals surface area contributed by atoms with Gasteiger partial charge in [-0.05, 0) is 34.7 Å². The third-order valence-corrected chi connectivity index (χ3v) is 2.78. The maximum Gasteiger partial charge on any atom is 0.143 e. The Morgan fingerprint density at radius 1 is 1.44 bits per heavy atom. The molecule has 0 amide bonds. The monoisotopic (exact) mass is 277 g/mol. The number of hydrogen-bond acceptors (Lipinski definition) is 4. The van der Waals surface area contributed by atoms with Crippen LogP contribution in [0.3, 0.4) is 0 Å². The van der Waals surface area contributed by atoms with E-state index in [1.807, 2.05) is 29.2 Å². The van der Waals surface area contributed by atoms with Gasteiger partial charge in [0, 0.05) is 12.2 Å². The highest BCUT2D eigenvalue weighted by Gasteiger charge is 2.07. The molecule has 0 saturated carbocycles. The Morgan fingerprint density at radius 2 is 2.17 bits per heavy atom. The minimum Gasteiger partial charge on any atom is -0.324 e. The lowest BCUT2D eigenvalue weighted by Crippen LogP contribution is -2.25. The van der Waals surface area contributed by atoms with Crippen LogP contribution in [0.4, 0.5) is 5.69 Å². The highest BCUT2D eigenvalue weighted by atomic mass is 32.1. The van der Waals surface area contributed by atoms with Crippen LogP contribution >= 0.6 is 24.8 Å². The molecular weight excluding hydrogens is 266 g/mol. The quantitative estimate of drug-likeness (QED) is 0.525. The zero-order valence-electron chi connectivity index (χ0n) is 9.47. The molecule has 92 valence electrons. The number of thiol groups is 1. The van der Waals surface area contributed by atoms with Gasteiger partial charge in [0.15, 0.2) is 0 Å². The highest BCUT2D eigenvalue weighted by Crippen LogP contribution is 2.18. The summed E-state index contributed by atoms with van der Waals surface area (Å²) in [6.45, 7) is 4.32. The van der Waals surface area contributed by atoms with E-state index in [1.165, 1.54) is 0 Å². The molecule has 2 aromatic rings. The van der Waals surface area contributed by atoms with Crippen LogP contribution in [-0.2, 0) is 0 Å². The molecule has 18 heavy (non-hydrogen) atoms. The number of hydrogen-bond donors (Lipinski definition) is 1. The Balaban J connectivity index is 2.26. The lowest BCUT2D eigenvalue weighted by atomic mass is 10.2. The fraction of sp³-hybridized carbons (Fsp3) is 0.0909. The third kappa shape index (κ3) is 2.74. The van der Waals surface area contributed by atoms with Crippen LogP contribution in [0.25, 0.3) is 5.69 Å². The summed E-state index contributed by atoms with van der Waals surface area (Å²) in [5, 5.41) is 11.0. The summed E-state index contributed by atoms with van der Waals surface area (Å²) in [6.07, 6.45) is 3.32. The number of thiocarbonyl (C=S) groups is 1. The number of anilines is 1. The second kappa shape index (κ2) is 5.74. The van der Waals surface area contributed by atoms with Gasteiger partial charge in [-0.2, -0.15) is 0 Å². The zero-order chi connectivity index (χ0) is 13.0. The summed E-state index contributed by atoms with van der Waals surface area (Å²) in [4.78, 5) is 1.87. The van der Waals surface area contributed by atoms with Gasteiger partial charge in [-0.15, -0.1) is 24.3 Å². The first-order valence-electron chi connectivity index (χ1n) is 5.17. The van der Waals surface area contributed by atoms with E-state index in [-0.39, 0.29) is 0 Å². The molecule has 7 heteroatoms. The van der Waals surface area contributed by atoms with Crippen molar-refractivity contribution in [3.05, 3.63) is 43.2 Å². The van der Waals surface area contributed by atoms with Gasteiger partial charge >= 0.3 is 0 Å². The second-order valence-corrected chi connectivity index (χ2v) is 4.57. The first kappa shape index (κ1) is 12.7. The van der Waals surface area contributed by atoms with Crippen LogP contribution in [0.1, 0.15) is 0 Å². The van der Waals surface area contributed by atoms with Gasteiger partial charge in [0.25, 0.3) is 0 Å². The molecule has 1 aromatic carbocycles. The minimum atomic E-state index is 0.505. The smallest absolute Gasteiger partial charge is 0.143 e. The molecule has 1 aromatic heterocycles. The van der Waals surface area contributed by atoms with Gasteiger partial charge in [-0.3, -0.25) is 0 Å². The van der Waals surface area contributed by atoms with Gasteiger partial charge < -0.3 is 4.90 Å². The van der Waals surface area contributed by atoms with Crippen molar-refractivity contribution in [3.8, 4) is 5.69 Å². The topological polar surface area (TPSA) is 46.8 Å².